The molecule has 0 aliphatic heterocycles. The van der Waals surface area contributed by atoms with E-state index in [1.165, 1.54) is 50.2 Å². The summed E-state index contributed by atoms with van der Waals surface area (Å²) in [6.45, 7) is 2.62. The summed E-state index contributed by atoms with van der Waals surface area (Å²) >= 11 is 0. The van der Waals surface area contributed by atoms with Gasteiger partial charge in [-0.1, -0.05) is 25.7 Å². The summed E-state index contributed by atoms with van der Waals surface area (Å²) in [5.74, 6) is -4.19. The van der Waals surface area contributed by atoms with Crippen LogP contribution >= 0.6 is 0 Å². The summed E-state index contributed by atoms with van der Waals surface area (Å²) in [7, 11) is 0. The van der Waals surface area contributed by atoms with Crippen LogP contribution in [-0.4, -0.2) is 45.7 Å². The zero-order valence-electron chi connectivity index (χ0n) is 21.9. The first-order valence-corrected chi connectivity index (χ1v) is 12.5. The number of nitrogens with one attached hydrogen (secondary N) is 2. The number of ether oxygens (including phenoxy) is 1. The quantitative estimate of drug-likeness (QED) is 0.106. The number of hydrogen-bond acceptors (Lipinski definition) is 7. The number of unbranched alkanes of at least 4 members (excludes halogenated alkanes) is 5. The lowest BCUT2D eigenvalue weighted by Crippen LogP contribution is -2.12. The molecule has 0 aliphatic carbocycles. The molecule has 0 saturated heterocycles. The SMILES string of the molecule is CC(=O)Nc1ccc(C(=O)O)c(OC(=O)CCCCCCCCC(=O)c2cc(NC(C)=O)ccc2C(=O)O)c1. The number of aromatic carboxylic acids is 2. The zero-order chi connectivity index (χ0) is 28.9. The monoisotopic (exact) mass is 540 g/mol. The minimum Gasteiger partial charge on any atom is -0.478 e. The van der Waals surface area contributed by atoms with E-state index in [4.69, 9.17) is 4.74 Å². The number of ketones is 1. The van der Waals surface area contributed by atoms with Crippen molar-refractivity contribution in [1.29, 1.82) is 0 Å². The van der Waals surface area contributed by atoms with E-state index in [2.05, 4.69) is 10.6 Å². The Hall–Kier alpha value is -4.54. The normalized spacial score (nSPS) is 10.4. The predicted molar refractivity (Wildman–Crippen MR) is 142 cm³/mol. The number of carbonyl (C=O) groups excluding carboxylic acids is 4. The van der Waals surface area contributed by atoms with Gasteiger partial charge in [0.1, 0.15) is 11.3 Å². The standard InChI is InChI=1S/C28H32N2O9/c1-17(31)29-19-11-13-21(27(35)36)23(15-19)24(33)9-7-5-3-4-6-8-10-26(34)39-25-16-20(30-18(2)32)12-14-22(25)28(37)38/h11-16H,3-10H2,1-2H3,(H,29,31)(H,30,32)(H,35,36)(H,37,38). The molecule has 2 rings (SSSR count). The highest BCUT2D eigenvalue weighted by Gasteiger charge is 2.18. The number of amides is 2. The van der Waals surface area contributed by atoms with Crippen LogP contribution < -0.4 is 15.4 Å². The number of anilines is 2. The minimum absolute atomic E-state index is 0.0564. The molecular formula is C28H32N2O9. The Labute approximate surface area is 225 Å². The first kappa shape index (κ1) is 30.7. The number of Topliss-reactive ketones (excluding diaryl/α,β-unsaturated/α-hetero) is 1. The summed E-state index contributed by atoms with van der Waals surface area (Å²) in [6, 6.07) is 8.06. The first-order chi connectivity index (χ1) is 18.5. The van der Waals surface area contributed by atoms with Crippen LogP contribution in [0, 0.1) is 0 Å². The largest absolute Gasteiger partial charge is 0.478 e. The lowest BCUT2D eigenvalue weighted by molar-refractivity contribution is -0.134. The molecule has 11 nitrogen and oxygen atoms in total. The highest BCUT2D eigenvalue weighted by molar-refractivity contribution is 6.07. The zero-order valence-corrected chi connectivity index (χ0v) is 21.9. The maximum atomic E-state index is 12.6. The lowest BCUT2D eigenvalue weighted by atomic mass is 9.98. The fourth-order valence-corrected chi connectivity index (χ4v) is 3.88. The molecule has 0 spiro atoms. The van der Waals surface area contributed by atoms with Crippen LogP contribution in [0.2, 0.25) is 0 Å². The van der Waals surface area contributed by atoms with Crippen LogP contribution in [0.5, 0.6) is 5.75 Å². The van der Waals surface area contributed by atoms with Gasteiger partial charge in [-0.3, -0.25) is 19.2 Å². The molecule has 0 unspecified atom stereocenters. The second-order valence-corrected chi connectivity index (χ2v) is 8.96. The van der Waals surface area contributed by atoms with Crippen molar-refractivity contribution in [3.05, 3.63) is 53.1 Å². The second-order valence-electron chi connectivity index (χ2n) is 8.96. The highest BCUT2D eigenvalue weighted by atomic mass is 16.5. The molecule has 4 N–H and O–H groups in total. The number of carboxylic acid groups (broad SMARTS) is 2. The van der Waals surface area contributed by atoms with Gasteiger partial charge < -0.3 is 25.6 Å². The van der Waals surface area contributed by atoms with Crippen molar-refractivity contribution in [2.24, 2.45) is 0 Å². The van der Waals surface area contributed by atoms with E-state index in [1.54, 1.807) is 0 Å². The maximum absolute atomic E-state index is 12.6. The molecule has 39 heavy (non-hydrogen) atoms. The fraction of sp³-hybridized carbons (Fsp3) is 0.357. The molecule has 2 aromatic rings. The first-order valence-electron chi connectivity index (χ1n) is 12.5. The Morgan fingerprint density at radius 2 is 1.13 bits per heavy atom. The van der Waals surface area contributed by atoms with Crippen LogP contribution in [0.4, 0.5) is 11.4 Å². The van der Waals surface area contributed by atoms with E-state index in [0.717, 1.165) is 25.7 Å². The predicted octanol–water partition coefficient (Wildman–Crippen LogP) is 4.91. The second kappa shape index (κ2) is 15.0. The van der Waals surface area contributed by atoms with Crippen LogP contribution in [0.15, 0.2) is 36.4 Å². The van der Waals surface area contributed by atoms with Crippen molar-refractivity contribution in [3.63, 3.8) is 0 Å². The highest BCUT2D eigenvalue weighted by Crippen LogP contribution is 2.25. The van der Waals surface area contributed by atoms with Gasteiger partial charge in [-0.25, -0.2) is 9.59 Å². The van der Waals surface area contributed by atoms with Crippen molar-refractivity contribution < 1.29 is 43.7 Å². The van der Waals surface area contributed by atoms with Crippen LogP contribution in [-0.2, 0) is 14.4 Å². The van der Waals surface area contributed by atoms with Gasteiger partial charge in [0.25, 0.3) is 0 Å². The molecule has 0 fully saturated rings. The van der Waals surface area contributed by atoms with E-state index in [0.29, 0.717) is 24.2 Å². The number of rotatable bonds is 15. The average molecular weight is 541 g/mol. The van der Waals surface area contributed by atoms with E-state index in [9.17, 15) is 39.0 Å². The van der Waals surface area contributed by atoms with E-state index >= 15 is 0 Å². The summed E-state index contributed by atoms with van der Waals surface area (Å²) in [5.41, 5.74) is 0.422. The molecule has 2 aromatic carbocycles. The third-order valence-corrected chi connectivity index (χ3v) is 5.66. The summed E-state index contributed by atoms with van der Waals surface area (Å²) < 4.78 is 5.23. The molecule has 0 heterocycles. The Kier molecular flexibility index (Phi) is 11.8. The van der Waals surface area contributed by atoms with Gasteiger partial charge in [-0.15, -0.1) is 0 Å². The smallest absolute Gasteiger partial charge is 0.339 e. The molecule has 0 bridgehead atoms. The van der Waals surface area contributed by atoms with E-state index in [-0.39, 0.29) is 52.9 Å². The third kappa shape index (κ3) is 10.4. The molecule has 208 valence electrons. The Balaban J connectivity index is 1.74. The molecule has 0 aromatic heterocycles. The van der Waals surface area contributed by atoms with Gasteiger partial charge in [0.15, 0.2) is 5.78 Å². The van der Waals surface area contributed by atoms with E-state index < -0.39 is 17.9 Å². The summed E-state index contributed by atoms with van der Waals surface area (Å²) in [4.78, 5) is 70.2. The molecule has 2 amide bonds. The molecule has 11 heteroatoms. The maximum Gasteiger partial charge on any atom is 0.339 e. The molecule has 0 radical (unpaired) electrons. The van der Waals surface area contributed by atoms with E-state index in [1.807, 2.05) is 0 Å². The van der Waals surface area contributed by atoms with Gasteiger partial charge in [-0.05, 0) is 43.2 Å². The number of benzene rings is 2. The van der Waals surface area contributed by atoms with Crippen LogP contribution in [0.1, 0.15) is 96.3 Å². The van der Waals surface area contributed by atoms with Crippen molar-refractivity contribution in [1.82, 2.24) is 0 Å². The van der Waals surface area contributed by atoms with Crippen molar-refractivity contribution in [2.45, 2.75) is 65.2 Å². The summed E-state index contributed by atoms with van der Waals surface area (Å²) in [6.07, 6.45) is 4.42. The topological polar surface area (TPSA) is 176 Å². The third-order valence-electron chi connectivity index (χ3n) is 5.66. The average Bonchev–Trinajstić information content (AvgIpc) is 2.84. The number of carboxylic acids is 2. The van der Waals surface area contributed by atoms with Crippen molar-refractivity contribution >= 4 is 46.9 Å². The van der Waals surface area contributed by atoms with Gasteiger partial charge in [0.2, 0.25) is 11.8 Å². The van der Waals surface area contributed by atoms with Crippen molar-refractivity contribution in [3.8, 4) is 5.75 Å². The van der Waals surface area contributed by atoms with Gasteiger partial charge in [-0.2, -0.15) is 0 Å². The molecule has 0 aliphatic rings. The Bertz CT molecular complexity index is 1250. The van der Waals surface area contributed by atoms with Crippen LogP contribution in [0.25, 0.3) is 0 Å². The Morgan fingerprint density at radius 1 is 0.641 bits per heavy atom. The number of hydrogen-bond donors (Lipinski definition) is 4. The minimum atomic E-state index is -1.26. The van der Waals surface area contributed by atoms with Gasteiger partial charge in [0, 0.05) is 49.7 Å². The molecule has 0 saturated carbocycles. The molecular weight excluding hydrogens is 508 g/mol. The number of carbonyl (C=O) groups is 6. The fourth-order valence-electron chi connectivity index (χ4n) is 3.88. The number of esters is 1. The van der Waals surface area contributed by atoms with Gasteiger partial charge >= 0.3 is 17.9 Å². The Morgan fingerprint density at radius 3 is 1.67 bits per heavy atom. The van der Waals surface area contributed by atoms with Crippen LogP contribution in [0.3, 0.4) is 0 Å². The molecule has 0 atom stereocenters. The lowest BCUT2D eigenvalue weighted by Gasteiger charge is -2.10. The van der Waals surface area contributed by atoms with Gasteiger partial charge in [0.05, 0.1) is 5.56 Å². The van der Waals surface area contributed by atoms with Crippen molar-refractivity contribution in [2.75, 3.05) is 10.6 Å². The summed E-state index contributed by atoms with van der Waals surface area (Å²) in [5, 5.41) is 23.7.